The number of carbonyl (C=O) groups excluding carboxylic acids is 2. The Morgan fingerprint density at radius 1 is 1.24 bits per heavy atom. The first kappa shape index (κ1) is 17.6. The fourth-order valence-electron chi connectivity index (χ4n) is 2.98. The molecule has 0 bridgehead atoms. The third-order valence-corrected chi connectivity index (χ3v) is 4.74. The van der Waals surface area contributed by atoms with E-state index in [9.17, 15) is 9.59 Å². The second kappa shape index (κ2) is 7.76. The highest BCUT2D eigenvalue weighted by molar-refractivity contribution is 5.78. The number of hydrogen-bond acceptors (Lipinski definition) is 3. The van der Waals surface area contributed by atoms with Gasteiger partial charge in [-0.25, -0.2) is 4.79 Å². The van der Waals surface area contributed by atoms with Gasteiger partial charge in [0.05, 0.1) is 6.04 Å². The number of rotatable bonds is 6. The number of hydrogen-bond donors (Lipinski definition) is 2. The van der Waals surface area contributed by atoms with Crippen LogP contribution in [0.5, 0.6) is 5.75 Å². The van der Waals surface area contributed by atoms with Crippen LogP contribution in [-0.4, -0.2) is 42.6 Å². The van der Waals surface area contributed by atoms with Crippen molar-refractivity contribution >= 4 is 11.9 Å². The topological polar surface area (TPSA) is 70.7 Å². The molecule has 6 heteroatoms. The zero-order chi connectivity index (χ0) is 17.8. The van der Waals surface area contributed by atoms with E-state index in [0.29, 0.717) is 17.7 Å². The van der Waals surface area contributed by atoms with Gasteiger partial charge in [-0.15, -0.1) is 0 Å². The van der Waals surface area contributed by atoms with Gasteiger partial charge < -0.3 is 20.3 Å². The van der Waals surface area contributed by atoms with Crippen LogP contribution in [0, 0.1) is 5.92 Å². The molecule has 136 valence electrons. The van der Waals surface area contributed by atoms with Gasteiger partial charge in [0.2, 0.25) is 0 Å². The summed E-state index contributed by atoms with van der Waals surface area (Å²) >= 11 is 0. The van der Waals surface area contributed by atoms with Crippen molar-refractivity contribution in [2.24, 2.45) is 5.92 Å². The van der Waals surface area contributed by atoms with E-state index in [0.717, 1.165) is 37.9 Å². The first-order chi connectivity index (χ1) is 12.0. The summed E-state index contributed by atoms with van der Waals surface area (Å²) in [5.41, 5.74) is 1.01. The number of amides is 3. The van der Waals surface area contributed by atoms with Gasteiger partial charge >= 0.3 is 6.03 Å². The Morgan fingerprint density at radius 2 is 1.96 bits per heavy atom. The van der Waals surface area contributed by atoms with E-state index in [1.807, 2.05) is 36.1 Å². The second-order valence-electron chi connectivity index (χ2n) is 7.21. The minimum atomic E-state index is -0.0768. The van der Waals surface area contributed by atoms with Gasteiger partial charge in [0.25, 0.3) is 5.91 Å². The lowest BCUT2D eigenvalue weighted by molar-refractivity contribution is -0.123. The summed E-state index contributed by atoms with van der Waals surface area (Å²) in [6.45, 7) is 5.83. The van der Waals surface area contributed by atoms with Crippen molar-refractivity contribution in [2.45, 2.75) is 45.2 Å². The van der Waals surface area contributed by atoms with E-state index in [2.05, 4.69) is 17.6 Å². The number of carbonyl (C=O) groups is 2. The second-order valence-corrected chi connectivity index (χ2v) is 7.21. The summed E-state index contributed by atoms with van der Waals surface area (Å²) in [4.78, 5) is 25.8. The van der Waals surface area contributed by atoms with E-state index in [4.69, 9.17) is 4.74 Å². The fraction of sp³-hybridized carbons (Fsp3) is 0.579. The zero-order valence-corrected chi connectivity index (χ0v) is 15.0. The molecule has 1 aliphatic carbocycles. The molecule has 2 N–H and O–H groups in total. The molecule has 3 rings (SSSR count). The fourth-order valence-corrected chi connectivity index (χ4v) is 2.98. The summed E-state index contributed by atoms with van der Waals surface area (Å²) in [7, 11) is 0. The normalized spacial score (nSPS) is 20.9. The maximum Gasteiger partial charge on any atom is 0.317 e. The van der Waals surface area contributed by atoms with Crippen LogP contribution in [0.1, 0.15) is 44.7 Å². The van der Waals surface area contributed by atoms with Gasteiger partial charge in [0, 0.05) is 19.1 Å². The minimum Gasteiger partial charge on any atom is -0.484 e. The van der Waals surface area contributed by atoms with Crippen LogP contribution in [-0.2, 0) is 4.79 Å². The molecule has 1 heterocycles. The average molecular weight is 345 g/mol. The van der Waals surface area contributed by atoms with Gasteiger partial charge in [-0.3, -0.25) is 4.79 Å². The summed E-state index contributed by atoms with van der Waals surface area (Å²) in [5.74, 6) is 1.16. The molecule has 2 atom stereocenters. The lowest BCUT2D eigenvalue weighted by Crippen LogP contribution is -2.39. The summed E-state index contributed by atoms with van der Waals surface area (Å²) in [6.07, 6.45) is 3.21. The van der Waals surface area contributed by atoms with Crippen molar-refractivity contribution in [3.05, 3.63) is 29.8 Å². The molecule has 25 heavy (non-hydrogen) atoms. The molecule has 1 aliphatic heterocycles. The molecule has 1 aromatic rings. The molecule has 2 aliphatic rings. The van der Waals surface area contributed by atoms with E-state index in [1.54, 1.807) is 0 Å². The molecule has 0 radical (unpaired) electrons. The van der Waals surface area contributed by atoms with Crippen LogP contribution in [0.3, 0.4) is 0 Å². The van der Waals surface area contributed by atoms with Crippen LogP contribution < -0.4 is 15.4 Å². The summed E-state index contributed by atoms with van der Waals surface area (Å²) < 4.78 is 5.50. The van der Waals surface area contributed by atoms with Crippen molar-refractivity contribution in [1.29, 1.82) is 0 Å². The standard InChI is InChI=1S/C19H27N3O3/c1-13-9-10-22(11-13)19(24)20-14(2)15-3-7-17(8-4-15)25-12-18(23)21-16-5-6-16/h3-4,7-8,13-14,16H,5-6,9-12H2,1-2H3,(H,20,24)(H,21,23)/t13-,14+/m1/s1. The van der Waals surface area contributed by atoms with E-state index in [-0.39, 0.29) is 24.6 Å². The predicted octanol–water partition coefficient (Wildman–Crippen LogP) is 2.46. The minimum absolute atomic E-state index is 0.00563. The van der Waals surface area contributed by atoms with Crippen LogP contribution in [0.25, 0.3) is 0 Å². The quantitative estimate of drug-likeness (QED) is 0.832. The molecule has 0 aromatic heterocycles. The van der Waals surface area contributed by atoms with Crippen molar-refractivity contribution in [2.75, 3.05) is 19.7 Å². The zero-order valence-electron chi connectivity index (χ0n) is 15.0. The molecule has 1 aromatic carbocycles. The van der Waals surface area contributed by atoms with Gasteiger partial charge in [0.1, 0.15) is 5.75 Å². The molecule has 1 saturated heterocycles. The number of ether oxygens (including phenoxy) is 1. The Bertz CT molecular complexity index is 613. The Labute approximate surface area is 148 Å². The maximum absolute atomic E-state index is 12.3. The van der Waals surface area contributed by atoms with Crippen LogP contribution in [0.15, 0.2) is 24.3 Å². The molecule has 1 saturated carbocycles. The van der Waals surface area contributed by atoms with Crippen molar-refractivity contribution < 1.29 is 14.3 Å². The highest BCUT2D eigenvalue weighted by Crippen LogP contribution is 2.20. The number of nitrogens with one attached hydrogen (secondary N) is 2. The molecule has 3 amide bonds. The molecule has 0 spiro atoms. The Morgan fingerprint density at radius 3 is 2.56 bits per heavy atom. The highest BCUT2D eigenvalue weighted by Gasteiger charge is 2.24. The number of nitrogens with zero attached hydrogens (tertiary/aromatic N) is 1. The third-order valence-electron chi connectivity index (χ3n) is 4.74. The number of urea groups is 1. The SMILES string of the molecule is C[C@@H]1CCN(C(=O)N[C@@H](C)c2ccc(OCC(=O)NC3CC3)cc2)C1. The largest absolute Gasteiger partial charge is 0.484 e. The summed E-state index contributed by atoms with van der Waals surface area (Å²) in [5, 5.41) is 5.93. The van der Waals surface area contributed by atoms with Gasteiger partial charge in [0.15, 0.2) is 6.61 Å². The van der Waals surface area contributed by atoms with Gasteiger partial charge in [-0.05, 0) is 49.8 Å². The number of benzene rings is 1. The first-order valence-electron chi connectivity index (χ1n) is 9.09. The summed E-state index contributed by atoms with van der Waals surface area (Å²) in [6, 6.07) is 7.78. The predicted molar refractivity (Wildman–Crippen MR) is 95.4 cm³/mol. The van der Waals surface area contributed by atoms with E-state index < -0.39 is 0 Å². The monoisotopic (exact) mass is 345 g/mol. The number of likely N-dealkylation sites (tertiary alicyclic amines) is 1. The Kier molecular flexibility index (Phi) is 5.46. The average Bonchev–Trinajstić information content (AvgIpc) is 3.30. The molecule has 0 unspecified atom stereocenters. The van der Waals surface area contributed by atoms with Crippen molar-refractivity contribution in [3.8, 4) is 5.75 Å². The Balaban J connectivity index is 1.45. The lowest BCUT2D eigenvalue weighted by atomic mass is 10.1. The lowest BCUT2D eigenvalue weighted by Gasteiger charge is -2.21. The van der Waals surface area contributed by atoms with E-state index >= 15 is 0 Å². The molecule has 6 nitrogen and oxygen atoms in total. The Hall–Kier alpha value is -2.24. The van der Waals surface area contributed by atoms with Crippen LogP contribution in [0.4, 0.5) is 4.79 Å². The third kappa shape index (κ3) is 5.11. The van der Waals surface area contributed by atoms with Crippen LogP contribution in [0.2, 0.25) is 0 Å². The van der Waals surface area contributed by atoms with Gasteiger partial charge in [-0.2, -0.15) is 0 Å². The van der Waals surface area contributed by atoms with Crippen molar-refractivity contribution in [1.82, 2.24) is 15.5 Å². The molecule has 2 fully saturated rings. The highest BCUT2D eigenvalue weighted by atomic mass is 16.5. The first-order valence-corrected chi connectivity index (χ1v) is 9.09. The maximum atomic E-state index is 12.3. The van der Waals surface area contributed by atoms with Crippen LogP contribution >= 0.6 is 0 Å². The molecular weight excluding hydrogens is 318 g/mol. The smallest absolute Gasteiger partial charge is 0.317 e. The van der Waals surface area contributed by atoms with Gasteiger partial charge in [-0.1, -0.05) is 19.1 Å². The van der Waals surface area contributed by atoms with E-state index in [1.165, 1.54) is 0 Å². The molecular formula is C19H27N3O3. The van der Waals surface area contributed by atoms with Crippen molar-refractivity contribution in [3.63, 3.8) is 0 Å².